The molecule has 5 heteroatoms. The van der Waals surface area contributed by atoms with E-state index in [9.17, 15) is 9.18 Å². The highest BCUT2D eigenvalue weighted by molar-refractivity contribution is 5.86. The van der Waals surface area contributed by atoms with Gasteiger partial charge in [-0.3, -0.25) is 9.69 Å². The van der Waals surface area contributed by atoms with Crippen molar-refractivity contribution in [3.8, 4) is 5.75 Å². The number of benzene rings is 2. The van der Waals surface area contributed by atoms with Gasteiger partial charge in [-0.15, -0.1) is 0 Å². The van der Waals surface area contributed by atoms with Crippen molar-refractivity contribution < 1.29 is 13.9 Å². The van der Waals surface area contributed by atoms with Crippen LogP contribution in [0.3, 0.4) is 0 Å². The zero-order valence-corrected chi connectivity index (χ0v) is 18.9. The van der Waals surface area contributed by atoms with Crippen LogP contribution in [0.25, 0.3) is 0 Å². The molecule has 5 rings (SSSR count). The zero-order valence-electron chi connectivity index (χ0n) is 18.9. The molecule has 1 N–H and O–H groups in total. The number of likely N-dealkylation sites (tertiary alicyclic amines) is 1. The first-order valence-electron chi connectivity index (χ1n) is 12.0. The fraction of sp³-hybridized carbons (Fsp3) is 0.519. The van der Waals surface area contributed by atoms with Crippen LogP contribution in [0.4, 0.5) is 4.39 Å². The van der Waals surface area contributed by atoms with Crippen molar-refractivity contribution in [1.29, 1.82) is 0 Å². The number of amides is 1. The molecule has 0 bridgehead atoms. The van der Waals surface area contributed by atoms with Crippen LogP contribution in [0.15, 0.2) is 48.5 Å². The molecule has 1 aliphatic carbocycles. The summed E-state index contributed by atoms with van der Waals surface area (Å²) in [5.41, 5.74) is 2.05. The number of hydrogen-bond acceptors (Lipinski definition) is 3. The van der Waals surface area contributed by atoms with Gasteiger partial charge < -0.3 is 10.1 Å². The third kappa shape index (κ3) is 3.51. The number of methoxy groups -OCH3 is 1. The van der Waals surface area contributed by atoms with E-state index < -0.39 is 5.41 Å². The Kier molecular flexibility index (Phi) is 5.70. The predicted molar refractivity (Wildman–Crippen MR) is 123 cm³/mol. The van der Waals surface area contributed by atoms with Crippen molar-refractivity contribution in [1.82, 2.24) is 10.2 Å². The topological polar surface area (TPSA) is 41.6 Å². The van der Waals surface area contributed by atoms with Gasteiger partial charge in [0.15, 0.2) is 0 Å². The quantitative estimate of drug-likeness (QED) is 0.734. The molecule has 2 aromatic carbocycles. The van der Waals surface area contributed by atoms with Crippen molar-refractivity contribution in [3.05, 3.63) is 65.5 Å². The minimum absolute atomic E-state index is 0.0227. The first-order chi connectivity index (χ1) is 15.6. The first kappa shape index (κ1) is 21.4. The molecular formula is C27H33FN2O2. The Balaban J connectivity index is 1.42. The van der Waals surface area contributed by atoms with Gasteiger partial charge in [0.1, 0.15) is 11.6 Å². The van der Waals surface area contributed by atoms with E-state index in [0.29, 0.717) is 6.54 Å². The second kappa shape index (κ2) is 8.51. The summed E-state index contributed by atoms with van der Waals surface area (Å²) in [7, 11) is 1.73. The van der Waals surface area contributed by atoms with Crippen LogP contribution >= 0.6 is 0 Å². The Morgan fingerprint density at radius 3 is 2.41 bits per heavy atom. The third-order valence-electron chi connectivity index (χ3n) is 8.41. The molecule has 1 saturated carbocycles. The van der Waals surface area contributed by atoms with Gasteiger partial charge >= 0.3 is 0 Å². The number of nitrogens with one attached hydrogen (secondary N) is 1. The van der Waals surface area contributed by atoms with E-state index >= 15 is 0 Å². The third-order valence-corrected chi connectivity index (χ3v) is 8.41. The number of carbonyl (C=O) groups excluding carboxylic acids is 1. The standard InChI is InChI=1S/C27H33FN2O2/c1-32-23-7-5-6-21(18-23)27(12-3-2-4-13-27)30-16-14-26(15-17-30)24(19-29-25(26)31)20-8-10-22(28)11-9-20/h5-11,18,24H,2-4,12-17,19H2,1H3,(H,29,31). The van der Waals surface area contributed by atoms with Crippen molar-refractivity contribution in [2.24, 2.45) is 5.41 Å². The maximum atomic E-state index is 13.5. The van der Waals surface area contributed by atoms with Gasteiger partial charge in [-0.05, 0) is 61.1 Å². The molecule has 2 saturated heterocycles. The molecular weight excluding hydrogens is 403 g/mol. The SMILES string of the molecule is COc1cccc(C2(N3CCC4(CC3)C(=O)NCC4c3ccc(F)cc3)CCCCC2)c1. The molecule has 2 aromatic rings. The monoisotopic (exact) mass is 436 g/mol. The van der Waals surface area contributed by atoms with Crippen LogP contribution in [0.2, 0.25) is 0 Å². The Labute approximate surface area is 190 Å². The Hall–Kier alpha value is -2.40. The van der Waals surface area contributed by atoms with E-state index in [1.54, 1.807) is 7.11 Å². The largest absolute Gasteiger partial charge is 0.497 e. The highest BCUT2D eigenvalue weighted by atomic mass is 19.1. The summed E-state index contributed by atoms with van der Waals surface area (Å²) < 4.78 is 19.0. The van der Waals surface area contributed by atoms with Crippen LogP contribution in [-0.2, 0) is 10.3 Å². The lowest BCUT2D eigenvalue weighted by Crippen LogP contribution is -2.54. The first-order valence-corrected chi connectivity index (χ1v) is 12.0. The molecule has 1 atom stereocenters. The van der Waals surface area contributed by atoms with Crippen LogP contribution in [-0.4, -0.2) is 37.6 Å². The molecule has 3 fully saturated rings. The molecule has 2 heterocycles. The summed E-state index contributed by atoms with van der Waals surface area (Å²) >= 11 is 0. The van der Waals surface area contributed by atoms with E-state index in [4.69, 9.17) is 4.74 Å². The molecule has 2 aliphatic heterocycles. The minimum Gasteiger partial charge on any atom is -0.497 e. The molecule has 3 aliphatic rings. The fourth-order valence-electron chi connectivity index (χ4n) is 6.60. The Morgan fingerprint density at radius 1 is 1.00 bits per heavy atom. The number of hydrogen-bond donors (Lipinski definition) is 1. The van der Waals surface area contributed by atoms with Crippen molar-refractivity contribution in [2.45, 2.75) is 56.4 Å². The van der Waals surface area contributed by atoms with Gasteiger partial charge in [-0.1, -0.05) is 43.5 Å². The van der Waals surface area contributed by atoms with Crippen molar-refractivity contribution >= 4 is 5.91 Å². The number of halogens is 1. The van der Waals surface area contributed by atoms with Crippen LogP contribution in [0.1, 0.15) is 62.0 Å². The fourth-order valence-corrected chi connectivity index (χ4v) is 6.60. The summed E-state index contributed by atoms with van der Waals surface area (Å²) in [6, 6.07) is 15.3. The second-order valence-corrected chi connectivity index (χ2v) is 9.78. The van der Waals surface area contributed by atoms with Gasteiger partial charge in [0.05, 0.1) is 12.5 Å². The number of nitrogens with zero attached hydrogens (tertiary/aromatic N) is 1. The highest BCUT2D eigenvalue weighted by Crippen LogP contribution is 2.51. The van der Waals surface area contributed by atoms with E-state index in [1.807, 2.05) is 18.2 Å². The predicted octanol–water partition coefficient (Wildman–Crippen LogP) is 4.99. The Bertz CT molecular complexity index is 960. The lowest BCUT2D eigenvalue weighted by atomic mass is 9.66. The lowest BCUT2D eigenvalue weighted by molar-refractivity contribution is -0.132. The van der Waals surface area contributed by atoms with Crippen molar-refractivity contribution in [3.63, 3.8) is 0 Å². The molecule has 170 valence electrons. The second-order valence-electron chi connectivity index (χ2n) is 9.78. The number of rotatable bonds is 4. The van der Waals surface area contributed by atoms with Gasteiger partial charge in [0.2, 0.25) is 5.91 Å². The molecule has 1 spiro atoms. The summed E-state index contributed by atoms with van der Waals surface area (Å²) in [6.07, 6.45) is 7.74. The van der Waals surface area contributed by atoms with E-state index in [1.165, 1.54) is 37.0 Å². The lowest BCUT2D eigenvalue weighted by Gasteiger charge is -2.52. The summed E-state index contributed by atoms with van der Waals surface area (Å²) in [5.74, 6) is 0.960. The maximum absolute atomic E-state index is 13.5. The molecule has 0 aromatic heterocycles. The van der Waals surface area contributed by atoms with Gasteiger partial charge in [0, 0.05) is 31.1 Å². The average Bonchev–Trinajstić information content (AvgIpc) is 3.15. The molecule has 1 amide bonds. The van der Waals surface area contributed by atoms with E-state index in [-0.39, 0.29) is 23.2 Å². The number of carbonyl (C=O) groups is 1. The van der Waals surface area contributed by atoms with Gasteiger partial charge in [0.25, 0.3) is 0 Å². The molecule has 32 heavy (non-hydrogen) atoms. The minimum atomic E-state index is -0.390. The molecule has 4 nitrogen and oxygen atoms in total. The molecule has 1 unspecified atom stereocenters. The zero-order chi connectivity index (χ0) is 22.2. The average molecular weight is 437 g/mol. The number of ether oxygens (including phenoxy) is 1. The summed E-state index contributed by atoms with van der Waals surface area (Å²) in [5, 5.41) is 3.13. The summed E-state index contributed by atoms with van der Waals surface area (Å²) in [6.45, 7) is 2.45. The highest BCUT2D eigenvalue weighted by Gasteiger charge is 2.54. The van der Waals surface area contributed by atoms with E-state index in [0.717, 1.165) is 50.1 Å². The Morgan fingerprint density at radius 2 is 1.72 bits per heavy atom. The van der Waals surface area contributed by atoms with Crippen LogP contribution in [0, 0.1) is 11.2 Å². The maximum Gasteiger partial charge on any atom is 0.227 e. The van der Waals surface area contributed by atoms with Crippen molar-refractivity contribution in [2.75, 3.05) is 26.7 Å². The van der Waals surface area contributed by atoms with Crippen LogP contribution in [0.5, 0.6) is 5.75 Å². The number of piperidine rings is 1. The van der Waals surface area contributed by atoms with Crippen LogP contribution < -0.4 is 10.1 Å². The normalized spacial score (nSPS) is 24.9. The summed E-state index contributed by atoms with van der Waals surface area (Å²) in [4.78, 5) is 15.8. The van der Waals surface area contributed by atoms with E-state index in [2.05, 4.69) is 28.4 Å². The van der Waals surface area contributed by atoms with Gasteiger partial charge in [-0.25, -0.2) is 4.39 Å². The van der Waals surface area contributed by atoms with Gasteiger partial charge in [-0.2, -0.15) is 0 Å². The smallest absolute Gasteiger partial charge is 0.227 e. The molecule has 0 radical (unpaired) electrons.